The van der Waals surface area contributed by atoms with Gasteiger partial charge in [-0.3, -0.25) is 0 Å². The van der Waals surface area contributed by atoms with Crippen molar-refractivity contribution < 1.29 is 24.5 Å². The van der Waals surface area contributed by atoms with Crippen LogP contribution < -0.4 is 6.15 Å². The third-order valence-corrected chi connectivity index (χ3v) is 7.24. The van der Waals surface area contributed by atoms with Gasteiger partial charge in [0.15, 0.2) is 0 Å². The van der Waals surface area contributed by atoms with Gasteiger partial charge in [-0.05, 0) is 0 Å². The van der Waals surface area contributed by atoms with Crippen LogP contribution >= 0.6 is 0 Å². The molecule has 0 rings (SSSR count). The van der Waals surface area contributed by atoms with Crippen LogP contribution in [-0.4, -0.2) is 0 Å². The molecular formula is C6H3CrN7O4. The molecule has 92 valence electrons. The molecule has 0 aromatic rings. The molecule has 0 amide bonds. The van der Waals surface area contributed by atoms with Crippen LogP contribution in [-0.2, 0) is 24.5 Å². The van der Waals surface area contributed by atoms with E-state index >= 15 is 0 Å². The quantitative estimate of drug-likeness (QED) is 0.657. The van der Waals surface area contributed by atoms with Crippen LogP contribution in [0.15, 0.2) is 0 Å². The first-order valence-corrected chi connectivity index (χ1v) is 7.87. The van der Waals surface area contributed by atoms with Crippen molar-refractivity contribution in [2.75, 3.05) is 0 Å². The second-order valence-electron chi connectivity index (χ2n) is 3.07. The molecule has 0 aromatic carbocycles. The Morgan fingerprint density at radius 1 is 0.667 bits per heavy atom. The van der Waals surface area contributed by atoms with Gasteiger partial charge in [0, 0.05) is 0 Å². The van der Waals surface area contributed by atoms with Crippen LogP contribution in [0.25, 0.3) is 0 Å². The molecule has 0 aliphatic rings. The summed E-state index contributed by atoms with van der Waals surface area (Å²) in [4.78, 5) is 0.0536. The van der Waals surface area contributed by atoms with E-state index in [-0.39, 0.29) is 25.9 Å². The Kier molecular flexibility index (Phi) is 1.93. The van der Waals surface area contributed by atoms with Crippen LogP contribution in [0.1, 0.15) is 0 Å². The summed E-state index contributed by atoms with van der Waals surface area (Å²) in [6.45, 7) is 0. The molecular weight excluding hydrogens is 286 g/mol. The first-order chi connectivity index (χ1) is 7.45. The Morgan fingerprint density at radius 2 is 0.889 bits per heavy atom. The van der Waals surface area contributed by atoms with E-state index in [4.69, 9.17) is 31.6 Å². The van der Waals surface area contributed by atoms with Crippen LogP contribution in [0.5, 0.6) is 0 Å². The van der Waals surface area contributed by atoms with E-state index in [9.17, 15) is 7.61 Å². The van der Waals surface area contributed by atoms with E-state index < -0.39 is 9.33 Å². The minimum absolute atomic E-state index is 0. The fourth-order valence-corrected chi connectivity index (χ4v) is 2.18. The molecule has 0 spiro atoms. The Balaban J connectivity index is 0. The van der Waals surface area contributed by atoms with Gasteiger partial charge in [0.2, 0.25) is 0 Å². The zero-order chi connectivity index (χ0) is 14.0. The molecule has 0 saturated heterocycles. The van der Waals surface area contributed by atoms with E-state index in [0.717, 1.165) is 0 Å². The second kappa shape index (κ2) is 2.04. The summed E-state index contributed by atoms with van der Waals surface area (Å²) in [5, 5.41) is 50.9. The van der Waals surface area contributed by atoms with Crippen molar-refractivity contribution in [1.82, 2.24) is 6.15 Å². The van der Waals surface area contributed by atoms with Crippen molar-refractivity contribution in [2.24, 2.45) is 0 Å². The van der Waals surface area contributed by atoms with E-state index in [1.807, 2.05) is 0 Å². The predicted molar refractivity (Wildman–Crippen MR) is 42.2 cm³/mol. The Morgan fingerprint density at radius 3 is 1.00 bits per heavy atom. The molecule has 18 heavy (non-hydrogen) atoms. The van der Waals surface area contributed by atoms with Crippen LogP contribution in [0.2, 0.25) is 0 Å². The van der Waals surface area contributed by atoms with Gasteiger partial charge >= 0.3 is 88.3 Å². The SMILES string of the molecule is N.N#C[O][Cr](=[O])(=[O])([C]#N)([C]#N)([C]#N)([C]#N)[O]C#N. The second-order valence-corrected chi connectivity index (χ2v) is 12.1. The third kappa shape index (κ3) is 1.04. The maximum atomic E-state index is 12.3. The summed E-state index contributed by atoms with van der Waals surface area (Å²) in [5.74, 6) is 0. The van der Waals surface area contributed by atoms with Gasteiger partial charge in [-0.25, -0.2) is 0 Å². The monoisotopic (exact) mass is 289 g/mol. The summed E-state index contributed by atoms with van der Waals surface area (Å²) >= 11 is 0. The van der Waals surface area contributed by atoms with Crippen molar-refractivity contribution in [3.05, 3.63) is 0 Å². The van der Waals surface area contributed by atoms with Crippen molar-refractivity contribution >= 4 is 0 Å². The van der Waals surface area contributed by atoms with Crippen molar-refractivity contribution in [2.45, 2.75) is 0 Å². The molecule has 0 saturated carbocycles. The Labute approximate surface area is 94.9 Å². The van der Waals surface area contributed by atoms with Crippen molar-refractivity contribution in [3.63, 3.8) is 0 Å². The summed E-state index contributed by atoms with van der Waals surface area (Å²) in [5.41, 5.74) is 0. The number of nitriles is 6. The fraction of sp³-hybridized carbons (Fsp3) is 0. The van der Waals surface area contributed by atoms with E-state index in [0.29, 0.717) is 12.5 Å². The van der Waals surface area contributed by atoms with Gasteiger partial charge < -0.3 is 6.15 Å². The van der Waals surface area contributed by atoms with Crippen LogP contribution in [0.3, 0.4) is 0 Å². The maximum absolute atomic E-state index is 12.3. The molecule has 0 fully saturated rings. The standard InChI is InChI=1S/2CHNO.4CN.Cr.H3N.2O/c2*2-1-3;4*1-2;;;;/h2*3H;;;;;;1H3;;/q;;;;;;+2;;;/p-2. The summed E-state index contributed by atoms with van der Waals surface area (Å²) in [6.07, 6.45) is 0.672. The Bertz CT molecular complexity index is 834. The first kappa shape index (κ1) is 17.0. The van der Waals surface area contributed by atoms with E-state index in [1.165, 1.54) is 0 Å². The van der Waals surface area contributed by atoms with Crippen LogP contribution in [0, 0.1) is 63.8 Å². The average Bonchev–Trinajstić information content (AvgIpc) is 2.33. The normalized spacial score (nSPS) is 17.0. The predicted octanol–water partition coefficient (Wildman–Crippen LogP) is -0.114. The topological polar surface area (TPSA) is 230 Å². The molecule has 3 N–H and O–H groups in total. The zero-order valence-electron chi connectivity index (χ0n) is 8.43. The fourth-order valence-electron chi connectivity index (χ4n) is 0.529. The molecule has 0 unspecified atom stereocenters. The molecule has 0 radical (unpaired) electrons. The van der Waals surface area contributed by atoms with Gasteiger partial charge in [-0.15, -0.1) is 0 Å². The Hall–Kier alpha value is -3.37. The number of hydrogen-bond acceptors (Lipinski definition) is 11. The van der Waals surface area contributed by atoms with Gasteiger partial charge in [-0.2, -0.15) is 0 Å². The average molecular weight is 289 g/mol. The number of rotatable bonds is 2. The molecule has 0 aromatic heterocycles. The molecule has 12 heteroatoms. The summed E-state index contributed by atoms with van der Waals surface area (Å²) < 4.78 is 31.2. The molecule has 0 atom stereocenters. The molecule has 11 nitrogen and oxygen atoms in total. The van der Waals surface area contributed by atoms with Gasteiger partial charge in [0.25, 0.3) is 0 Å². The van der Waals surface area contributed by atoms with Crippen LogP contribution in [0.4, 0.5) is 0 Å². The molecule has 0 heterocycles. The number of hydrogen-bond donors (Lipinski definition) is 1. The number of nitrogens with zero attached hydrogens (tertiary/aromatic N) is 6. The summed E-state index contributed by atoms with van der Waals surface area (Å²) in [7, 11) is -10.5. The van der Waals surface area contributed by atoms with Gasteiger partial charge in [0.1, 0.15) is 0 Å². The van der Waals surface area contributed by atoms with Gasteiger partial charge in [0.05, 0.1) is 0 Å². The molecule has 0 aliphatic heterocycles. The zero-order valence-corrected chi connectivity index (χ0v) is 9.71. The van der Waals surface area contributed by atoms with Crippen molar-refractivity contribution in [3.8, 4) is 32.2 Å². The third-order valence-electron chi connectivity index (χ3n) is 1.76. The minimum atomic E-state index is -10.5. The van der Waals surface area contributed by atoms with E-state index in [2.05, 4.69) is 7.58 Å². The molecule has 0 bridgehead atoms. The summed E-state index contributed by atoms with van der Waals surface area (Å²) in [6, 6.07) is 0. The first-order valence-electron chi connectivity index (χ1n) is 3.23. The van der Waals surface area contributed by atoms with E-state index in [1.54, 1.807) is 0 Å². The molecule has 0 aliphatic carbocycles. The van der Waals surface area contributed by atoms with Gasteiger partial charge in [-0.1, -0.05) is 0 Å². The van der Waals surface area contributed by atoms with Crippen molar-refractivity contribution in [1.29, 1.82) is 31.6 Å².